The molecule has 5 rings (SSSR count). The zero-order chi connectivity index (χ0) is 22.6. The van der Waals surface area contributed by atoms with Crippen LogP contribution in [0, 0.1) is 0 Å². The van der Waals surface area contributed by atoms with Crippen molar-refractivity contribution in [1.29, 1.82) is 0 Å². The number of anilines is 1. The van der Waals surface area contributed by atoms with E-state index in [1.807, 2.05) is 35.1 Å². The summed E-state index contributed by atoms with van der Waals surface area (Å²) in [4.78, 5) is 24.2. The molecule has 0 saturated carbocycles. The maximum absolute atomic E-state index is 12.5. The number of morpholine rings is 1. The van der Waals surface area contributed by atoms with Gasteiger partial charge in [0.25, 0.3) is 0 Å². The van der Waals surface area contributed by atoms with Crippen molar-refractivity contribution in [2.45, 2.75) is 25.0 Å². The number of rotatable bonds is 8. The van der Waals surface area contributed by atoms with E-state index in [0.29, 0.717) is 37.6 Å². The number of aromatic nitrogens is 5. The third kappa shape index (κ3) is 4.64. The minimum absolute atomic E-state index is 0.114. The SMILES string of the molecule is CCSc1nc(N2CCOCC2)c2cnn(CCNC(=O)Cc3noc4ccccc34)c2n1. The Morgan fingerprint density at radius 1 is 1.18 bits per heavy atom. The maximum Gasteiger partial charge on any atom is 0.226 e. The molecule has 172 valence electrons. The number of para-hydroxylation sites is 1. The fourth-order valence-electron chi connectivity index (χ4n) is 3.88. The Morgan fingerprint density at radius 2 is 2.03 bits per heavy atom. The highest BCUT2D eigenvalue weighted by Gasteiger charge is 2.20. The Labute approximate surface area is 194 Å². The molecule has 1 aliphatic heterocycles. The van der Waals surface area contributed by atoms with Gasteiger partial charge in [-0.25, -0.2) is 14.6 Å². The predicted octanol–water partition coefficient (Wildman–Crippen LogP) is 2.28. The van der Waals surface area contributed by atoms with Crippen LogP contribution >= 0.6 is 11.8 Å². The van der Waals surface area contributed by atoms with Crippen LogP contribution in [0.5, 0.6) is 0 Å². The van der Waals surface area contributed by atoms with E-state index in [-0.39, 0.29) is 12.3 Å². The van der Waals surface area contributed by atoms with Crippen molar-refractivity contribution in [3.8, 4) is 0 Å². The van der Waals surface area contributed by atoms with E-state index < -0.39 is 0 Å². The fourth-order valence-corrected chi connectivity index (χ4v) is 4.44. The van der Waals surface area contributed by atoms with Crippen LogP contribution in [-0.4, -0.2) is 69.4 Å². The van der Waals surface area contributed by atoms with Gasteiger partial charge >= 0.3 is 0 Å². The molecule has 4 heterocycles. The normalized spacial score (nSPS) is 14.3. The number of ether oxygens (including phenoxy) is 1. The minimum Gasteiger partial charge on any atom is -0.378 e. The van der Waals surface area contributed by atoms with Crippen molar-refractivity contribution < 1.29 is 14.1 Å². The first-order chi connectivity index (χ1) is 16.2. The molecular weight excluding hydrogens is 442 g/mol. The zero-order valence-electron chi connectivity index (χ0n) is 18.4. The molecule has 0 radical (unpaired) electrons. The molecule has 0 aliphatic carbocycles. The van der Waals surface area contributed by atoms with Gasteiger partial charge in [0.15, 0.2) is 16.4 Å². The Hall–Kier alpha value is -3.18. The molecule has 0 bridgehead atoms. The molecule has 10 nitrogen and oxygen atoms in total. The lowest BCUT2D eigenvalue weighted by atomic mass is 10.1. The van der Waals surface area contributed by atoms with Gasteiger partial charge in [-0.3, -0.25) is 4.79 Å². The molecular formula is C22H25N7O3S. The minimum atomic E-state index is -0.114. The fraction of sp³-hybridized carbons (Fsp3) is 0.409. The molecule has 1 amide bonds. The van der Waals surface area contributed by atoms with Gasteiger partial charge < -0.3 is 19.5 Å². The van der Waals surface area contributed by atoms with Gasteiger partial charge in [0.05, 0.1) is 37.8 Å². The monoisotopic (exact) mass is 467 g/mol. The standard InChI is InChI=1S/C22H25N7O3S/c1-2-33-22-25-20(28-9-11-31-12-10-28)16-14-24-29(21(16)26-22)8-7-23-19(30)13-17-15-5-3-4-6-18(15)32-27-17/h3-6,14H,2,7-13H2,1H3,(H,23,30). The molecule has 1 saturated heterocycles. The summed E-state index contributed by atoms with van der Waals surface area (Å²) in [5.41, 5.74) is 2.09. The smallest absolute Gasteiger partial charge is 0.226 e. The Bertz CT molecular complexity index is 1270. The third-order valence-corrected chi connectivity index (χ3v) is 6.20. The Kier molecular flexibility index (Phi) is 6.40. The van der Waals surface area contributed by atoms with E-state index in [2.05, 4.69) is 27.4 Å². The van der Waals surface area contributed by atoms with Crippen LogP contribution in [0.15, 0.2) is 40.1 Å². The number of carbonyl (C=O) groups is 1. The van der Waals surface area contributed by atoms with Crippen LogP contribution in [0.25, 0.3) is 22.0 Å². The van der Waals surface area contributed by atoms with E-state index in [4.69, 9.17) is 19.2 Å². The van der Waals surface area contributed by atoms with Gasteiger partial charge in [-0.05, 0) is 17.9 Å². The van der Waals surface area contributed by atoms with Crippen molar-refractivity contribution in [2.75, 3.05) is 43.5 Å². The average molecular weight is 468 g/mol. The quantitative estimate of drug-likeness (QED) is 0.308. The van der Waals surface area contributed by atoms with Gasteiger partial charge in [0.2, 0.25) is 5.91 Å². The van der Waals surface area contributed by atoms with E-state index in [0.717, 1.165) is 46.2 Å². The lowest BCUT2D eigenvalue weighted by Crippen LogP contribution is -2.37. The summed E-state index contributed by atoms with van der Waals surface area (Å²) in [6.45, 7) is 5.97. The van der Waals surface area contributed by atoms with Gasteiger partial charge in [-0.15, -0.1) is 0 Å². The van der Waals surface area contributed by atoms with Crippen LogP contribution in [0.1, 0.15) is 12.6 Å². The predicted molar refractivity (Wildman–Crippen MR) is 125 cm³/mol. The molecule has 33 heavy (non-hydrogen) atoms. The van der Waals surface area contributed by atoms with Crippen LogP contribution in [0.3, 0.4) is 0 Å². The van der Waals surface area contributed by atoms with Crippen molar-refractivity contribution in [1.82, 2.24) is 30.2 Å². The number of hydrogen-bond donors (Lipinski definition) is 1. The Balaban J connectivity index is 1.28. The number of benzene rings is 1. The highest BCUT2D eigenvalue weighted by Crippen LogP contribution is 2.27. The largest absolute Gasteiger partial charge is 0.378 e. The number of nitrogens with zero attached hydrogens (tertiary/aromatic N) is 6. The molecule has 0 atom stereocenters. The maximum atomic E-state index is 12.5. The lowest BCUT2D eigenvalue weighted by Gasteiger charge is -2.28. The number of carbonyl (C=O) groups excluding carboxylic acids is 1. The highest BCUT2D eigenvalue weighted by atomic mass is 32.2. The summed E-state index contributed by atoms with van der Waals surface area (Å²) < 4.78 is 12.6. The second-order valence-electron chi connectivity index (χ2n) is 7.62. The molecule has 1 N–H and O–H groups in total. The summed E-state index contributed by atoms with van der Waals surface area (Å²) in [6.07, 6.45) is 1.97. The third-order valence-electron chi connectivity index (χ3n) is 5.47. The summed E-state index contributed by atoms with van der Waals surface area (Å²) >= 11 is 1.61. The molecule has 11 heteroatoms. The van der Waals surface area contributed by atoms with Gasteiger partial charge in [0, 0.05) is 25.0 Å². The number of hydrogen-bond acceptors (Lipinski definition) is 9. The van der Waals surface area contributed by atoms with E-state index >= 15 is 0 Å². The molecule has 1 aliphatic rings. The van der Waals surface area contributed by atoms with Gasteiger partial charge in [-0.1, -0.05) is 36.0 Å². The van der Waals surface area contributed by atoms with Crippen molar-refractivity contribution in [2.24, 2.45) is 0 Å². The molecule has 1 aromatic carbocycles. The molecule has 0 spiro atoms. The van der Waals surface area contributed by atoms with Crippen molar-refractivity contribution in [3.05, 3.63) is 36.2 Å². The molecule has 4 aromatic rings. The van der Waals surface area contributed by atoms with Crippen LogP contribution in [0.4, 0.5) is 5.82 Å². The number of nitrogens with one attached hydrogen (secondary N) is 1. The number of amides is 1. The van der Waals surface area contributed by atoms with Gasteiger partial charge in [-0.2, -0.15) is 5.10 Å². The van der Waals surface area contributed by atoms with E-state index in [1.54, 1.807) is 11.8 Å². The van der Waals surface area contributed by atoms with Crippen molar-refractivity contribution >= 4 is 45.5 Å². The molecule has 1 fully saturated rings. The second-order valence-corrected chi connectivity index (χ2v) is 8.85. The van der Waals surface area contributed by atoms with Crippen LogP contribution in [0.2, 0.25) is 0 Å². The summed E-state index contributed by atoms with van der Waals surface area (Å²) in [7, 11) is 0. The first-order valence-corrected chi connectivity index (χ1v) is 12.0. The highest BCUT2D eigenvalue weighted by molar-refractivity contribution is 7.99. The zero-order valence-corrected chi connectivity index (χ0v) is 19.2. The van der Waals surface area contributed by atoms with Crippen molar-refractivity contribution in [3.63, 3.8) is 0 Å². The summed E-state index contributed by atoms with van der Waals surface area (Å²) in [5, 5.41) is 14.0. The first-order valence-electron chi connectivity index (χ1n) is 11.0. The number of fused-ring (bicyclic) bond motifs is 2. The number of thioether (sulfide) groups is 1. The molecule has 3 aromatic heterocycles. The van der Waals surface area contributed by atoms with Crippen LogP contribution < -0.4 is 10.2 Å². The van der Waals surface area contributed by atoms with E-state index in [9.17, 15) is 4.79 Å². The summed E-state index contributed by atoms with van der Waals surface area (Å²) in [6, 6.07) is 7.53. The molecule has 0 unspecified atom stereocenters. The summed E-state index contributed by atoms with van der Waals surface area (Å²) in [5.74, 6) is 1.67. The van der Waals surface area contributed by atoms with Gasteiger partial charge in [0.1, 0.15) is 11.5 Å². The van der Waals surface area contributed by atoms with Crippen LogP contribution in [-0.2, 0) is 22.5 Å². The first kappa shape index (κ1) is 21.7. The Morgan fingerprint density at radius 3 is 2.88 bits per heavy atom. The average Bonchev–Trinajstić information content (AvgIpc) is 3.44. The van der Waals surface area contributed by atoms with E-state index in [1.165, 1.54) is 0 Å². The topological polar surface area (TPSA) is 111 Å². The lowest BCUT2D eigenvalue weighted by molar-refractivity contribution is -0.120. The second kappa shape index (κ2) is 9.75.